The van der Waals surface area contributed by atoms with Crippen molar-refractivity contribution < 1.29 is 9.53 Å². The Morgan fingerprint density at radius 3 is 2.91 bits per heavy atom. The molecule has 1 aromatic heterocycles. The zero-order valence-corrected chi connectivity index (χ0v) is 20.5. The molecule has 0 spiro atoms. The second-order valence-electron chi connectivity index (χ2n) is 10.5. The molecule has 5 atom stereocenters. The van der Waals surface area contributed by atoms with E-state index in [1.54, 1.807) is 0 Å². The smallest absolute Gasteiger partial charge is 0.275 e. The molecule has 1 aliphatic heterocycles. The molecule has 3 saturated carbocycles. The van der Waals surface area contributed by atoms with E-state index in [4.69, 9.17) is 33.0 Å². The van der Waals surface area contributed by atoms with Crippen molar-refractivity contribution >= 4 is 29.1 Å². The van der Waals surface area contributed by atoms with Crippen LogP contribution >= 0.6 is 23.2 Å². The number of fused-ring (bicyclic) bond motifs is 5. The number of carbonyl (C=O) groups excluding carboxylic acids is 1. The minimum absolute atomic E-state index is 0.0423. The Kier molecular flexibility index (Phi) is 6.08. The fraction of sp³-hybridized carbons (Fsp3) is 0.680. The summed E-state index contributed by atoms with van der Waals surface area (Å²) in [5.41, 5.74) is 1.81. The summed E-state index contributed by atoms with van der Waals surface area (Å²) in [6.45, 7) is 6.25. The molecule has 1 aromatic rings. The number of aromatic nitrogens is 2. The molecule has 0 saturated heterocycles. The van der Waals surface area contributed by atoms with Crippen LogP contribution in [0.4, 0.5) is 0 Å². The van der Waals surface area contributed by atoms with Gasteiger partial charge in [-0.25, -0.2) is 0 Å². The van der Waals surface area contributed by atoms with E-state index in [2.05, 4.69) is 25.2 Å². The molecular weight excluding hydrogens is 445 g/mol. The number of nitrogens with zero attached hydrogens (tertiary/aromatic N) is 2. The number of nitrogens with one attached hydrogen (secondary N) is 1. The van der Waals surface area contributed by atoms with Crippen LogP contribution in [-0.2, 0) is 6.54 Å². The van der Waals surface area contributed by atoms with Gasteiger partial charge in [-0.2, -0.15) is 5.10 Å². The van der Waals surface area contributed by atoms with Gasteiger partial charge in [0.25, 0.3) is 5.91 Å². The number of alkyl halides is 1. The third-order valence-electron chi connectivity index (χ3n) is 8.40. The van der Waals surface area contributed by atoms with Gasteiger partial charge >= 0.3 is 0 Å². The van der Waals surface area contributed by atoms with Gasteiger partial charge < -0.3 is 10.1 Å². The highest BCUT2D eigenvalue weighted by Gasteiger charge is 2.54. The lowest BCUT2D eigenvalue weighted by atomic mass is 9.45. The molecule has 0 aromatic carbocycles. The zero-order chi connectivity index (χ0) is 22.5. The van der Waals surface area contributed by atoms with Gasteiger partial charge in [0.2, 0.25) is 0 Å². The van der Waals surface area contributed by atoms with E-state index in [1.807, 2.05) is 16.8 Å². The monoisotopic (exact) mass is 477 g/mol. The van der Waals surface area contributed by atoms with Crippen LogP contribution in [-0.4, -0.2) is 34.2 Å². The van der Waals surface area contributed by atoms with Crippen LogP contribution in [0.5, 0.6) is 5.75 Å². The lowest BCUT2D eigenvalue weighted by Gasteiger charge is -2.60. The van der Waals surface area contributed by atoms with Crippen molar-refractivity contribution in [3.8, 4) is 5.75 Å². The number of allylic oxidation sites excluding steroid dienone is 2. The number of unbranched alkanes of at least 4 members (excludes halogenated alkanes) is 2. The third-order valence-corrected chi connectivity index (χ3v) is 8.92. The first-order valence-corrected chi connectivity index (χ1v) is 13.0. The first-order chi connectivity index (χ1) is 15.4. The average molecular weight is 478 g/mol. The van der Waals surface area contributed by atoms with Crippen LogP contribution in [0, 0.1) is 23.2 Å². The van der Waals surface area contributed by atoms with Crippen molar-refractivity contribution in [1.29, 1.82) is 0 Å². The van der Waals surface area contributed by atoms with Crippen molar-refractivity contribution in [2.45, 2.75) is 70.9 Å². The van der Waals surface area contributed by atoms with Gasteiger partial charge in [-0.1, -0.05) is 37.9 Å². The Morgan fingerprint density at radius 2 is 2.16 bits per heavy atom. The summed E-state index contributed by atoms with van der Waals surface area (Å²) < 4.78 is 8.19. The summed E-state index contributed by atoms with van der Waals surface area (Å²) >= 11 is 12.0. The van der Waals surface area contributed by atoms with E-state index in [0.29, 0.717) is 39.6 Å². The van der Waals surface area contributed by atoms with Gasteiger partial charge in [-0.15, -0.1) is 11.6 Å². The van der Waals surface area contributed by atoms with Gasteiger partial charge in [-0.05, 0) is 67.4 Å². The lowest BCUT2D eigenvalue weighted by molar-refractivity contribution is -0.103. The van der Waals surface area contributed by atoms with Gasteiger partial charge in [0.05, 0.1) is 11.6 Å². The van der Waals surface area contributed by atoms with E-state index in [-0.39, 0.29) is 17.9 Å². The second-order valence-corrected chi connectivity index (χ2v) is 11.3. The van der Waals surface area contributed by atoms with Crippen molar-refractivity contribution in [3.05, 3.63) is 34.6 Å². The molecule has 7 heteroatoms. The zero-order valence-electron chi connectivity index (χ0n) is 18.9. The van der Waals surface area contributed by atoms with Crippen molar-refractivity contribution in [2.75, 3.05) is 12.4 Å². The number of rotatable bonds is 8. The molecule has 0 radical (unpaired) electrons. The predicted molar refractivity (Wildman–Crippen MR) is 127 cm³/mol. The Bertz CT molecular complexity index is 949. The van der Waals surface area contributed by atoms with Crippen LogP contribution < -0.4 is 10.1 Å². The van der Waals surface area contributed by atoms with Crippen LogP contribution in [0.25, 0.3) is 0 Å². The molecular formula is C25H33Cl2N3O2. The number of hydrogen-bond donors (Lipinski definition) is 1. The molecule has 5 aliphatic rings. The van der Waals surface area contributed by atoms with Gasteiger partial charge in [0.1, 0.15) is 6.10 Å². The summed E-state index contributed by atoms with van der Waals surface area (Å²) in [5.74, 6) is 3.33. The normalized spacial score (nSPS) is 31.2. The Balaban J connectivity index is 1.32. The van der Waals surface area contributed by atoms with Gasteiger partial charge in [0.15, 0.2) is 11.4 Å². The van der Waals surface area contributed by atoms with E-state index >= 15 is 0 Å². The highest BCUT2D eigenvalue weighted by molar-refractivity contribution is 6.31. The molecule has 4 aliphatic carbocycles. The molecule has 5 unspecified atom stereocenters. The summed E-state index contributed by atoms with van der Waals surface area (Å²) in [7, 11) is 0. The second kappa shape index (κ2) is 8.72. The number of halogens is 2. The maximum Gasteiger partial charge on any atom is 0.275 e. The first kappa shape index (κ1) is 22.3. The van der Waals surface area contributed by atoms with Crippen LogP contribution in [0.1, 0.15) is 74.5 Å². The number of ether oxygens (including phenoxy) is 1. The Morgan fingerprint density at radius 1 is 1.31 bits per heavy atom. The molecule has 1 N–H and O–H groups in total. The highest BCUT2D eigenvalue weighted by atomic mass is 35.5. The quantitative estimate of drug-likeness (QED) is 0.389. The molecule has 174 valence electrons. The maximum absolute atomic E-state index is 13.2. The van der Waals surface area contributed by atoms with Crippen LogP contribution in [0.3, 0.4) is 0 Å². The van der Waals surface area contributed by atoms with Crippen molar-refractivity contribution in [1.82, 2.24) is 15.1 Å². The van der Waals surface area contributed by atoms with Crippen LogP contribution in [0.15, 0.2) is 23.3 Å². The summed E-state index contributed by atoms with van der Waals surface area (Å²) in [6, 6.07) is 0. The molecule has 6 rings (SSSR count). The van der Waals surface area contributed by atoms with Gasteiger partial charge in [-0.3, -0.25) is 9.48 Å². The predicted octanol–water partition coefficient (Wildman–Crippen LogP) is 5.63. The van der Waals surface area contributed by atoms with Gasteiger partial charge in [0, 0.05) is 24.0 Å². The standard InChI is InChI=1S/C25H33Cl2N3O2/c1-25(2)16-7-6-15(19(25)12-16)14-28-24(31)21-23-22(30(29-21)11-5-3-4-10-26)18-9-8-17(27)13-20(18)32-23/h8-9,13,15-16,18-20H,3-7,10-12,14H2,1-2H3,(H,28,31). The SMILES string of the molecule is CC1(C)C2CCC(CNC(=O)c3nn(CCCCCCl)c4c3OC3C=C(Cl)C=CC43)C1C2. The molecule has 32 heavy (non-hydrogen) atoms. The molecule has 2 bridgehead atoms. The summed E-state index contributed by atoms with van der Waals surface area (Å²) in [4.78, 5) is 13.2. The molecule has 3 fully saturated rings. The fourth-order valence-corrected chi connectivity index (χ4v) is 6.76. The highest BCUT2D eigenvalue weighted by Crippen LogP contribution is 2.61. The summed E-state index contributed by atoms with van der Waals surface area (Å²) in [6.07, 6.45) is 12.5. The third kappa shape index (κ3) is 3.79. The largest absolute Gasteiger partial charge is 0.481 e. The molecule has 2 heterocycles. The topological polar surface area (TPSA) is 56.2 Å². The van der Waals surface area contributed by atoms with Crippen molar-refractivity contribution in [3.63, 3.8) is 0 Å². The minimum atomic E-state index is -0.174. The first-order valence-electron chi connectivity index (χ1n) is 12.1. The maximum atomic E-state index is 13.2. The fourth-order valence-electron chi connectivity index (χ4n) is 6.38. The number of hydrogen-bond acceptors (Lipinski definition) is 3. The number of aryl methyl sites for hydroxylation is 1. The Labute approximate surface area is 200 Å². The lowest BCUT2D eigenvalue weighted by Crippen LogP contribution is -2.54. The van der Waals surface area contributed by atoms with Crippen molar-refractivity contribution in [2.24, 2.45) is 23.2 Å². The number of carbonyl (C=O) groups is 1. The molecule has 5 nitrogen and oxygen atoms in total. The molecule has 1 amide bonds. The summed E-state index contributed by atoms with van der Waals surface area (Å²) in [5, 5.41) is 8.59. The van der Waals surface area contributed by atoms with E-state index in [0.717, 1.165) is 44.0 Å². The van der Waals surface area contributed by atoms with E-state index in [9.17, 15) is 4.79 Å². The Hall–Kier alpha value is -1.46. The average Bonchev–Trinajstić information content (AvgIpc) is 3.32. The number of amides is 1. The van der Waals surface area contributed by atoms with Crippen LogP contribution in [0.2, 0.25) is 0 Å². The van der Waals surface area contributed by atoms with E-state index < -0.39 is 0 Å². The van der Waals surface area contributed by atoms with E-state index in [1.165, 1.54) is 19.3 Å². The minimum Gasteiger partial charge on any atom is -0.481 e.